The standard InChI is InChI=1S/C13H16N2O4S/c1-10-4-6-12(7-5-10)20(16,17)19-9-11-8-15(2)14-13(11)18-3/h4-8H,9H2,1-3H3. The number of ether oxygens (including phenoxy) is 1. The van der Waals surface area contributed by atoms with Crippen molar-refractivity contribution in [1.82, 2.24) is 9.78 Å². The van der Waals surface area contributed by atoms with Crippen molar-refractivity contribution >= 4 is 10.1 Å². The predicted octanol–water partition coefficient (Wildman–Crippen LogP) is 1.64. The number of hydrogen-bond acceptors (Lipinski definition) is 5. The maximum Gasteiger partial charge on any atom is 0.297 e. The molecular formula is C13H16N2O4S. The van der Waals surface area contributed by atoms with Gasteiger partial charge in [-0.3, -0.25) is 8.86 Å². The Hall–Kier alpha value is -1.86. The van der Waals surface area contributed by atoms with Crippen molar-refractivity contribution in [3.8, 4) is 5.88 Å². The number of aryl methyl sites for hydroxylation is 2. The highest BCUT2D eigenvalue weighted by molar-refractivity contribution is 7.86. The van der Waals surface area contributed by atoms with E-state index in [0.29, 0.717) is 11.4 Å². The van der Waals surface area contributed by atoms with Crippen LogP contribution in [-0.2, 0) is 28.0 Å². The summed E-state index contributed by atoms with van der Waals surface area (Å²) in [7, 11) is -0.588. The summed E-state index contributed by atoms with van der Waals surface area (Å²) in [6.45, 7) is 1.77. The van der Waals surface area contributed by atoms with Crippen LogP contribution < -0.4 is 4.74 Å². The van der Waals surface area contributed by atoms with E-state index in [0.717, 1.165) is 5.56 Å². The molecule has 0 radical (unpaired) electrons. The Morgan fingerprint density at radius 3 is 2.50 bits per heavy atom. The van der Waals surface area contributed by atoms with Crippen LogP contribution >= 0.6 is 0 Å². The van der Waals surface area contributed by atoms with Crippen LogP contribution in [0.1, 0.15) is 11.1 Å². The van der Waals surface area contributed by atoms with E-state index in [1.807, 2.05) is 6.92 Å². The molecule has 1 aromatic heterocycles. The molecule has 2 aromatic rings. The summed E-state index contributed by atoms with van der Waals surface area (Å²) >= 11 is 0. The first-order valence-electron chi connectivity index (χ1n) is 5.95. The molecule has 0 unspecified atom stereocenters. The van der Waals surface area contributed by atoms with Crippen LogP contribution in [0.15, 0.2) is 35.4 Å². The van der Waals surface area contributed by atoms with Crippen molar-refractivity contribution in [2.24, 2.45) is 7.05 Å². The Labute approximate surface area is 118 Å². The zero-order chi connectivity index (χ0) is 14.8. The van der Waals surface area contributed by atoms with Gasteiger partial charge in [0.15, 0.2) is 0 Å². The number of hydrogen-bond donors (Lipinski definition) is 0. The minimum Gasteiger partial charge on any atom is -0.480 e. The third-order valence-corrected chi connectivity index (χ3v) is 4.02. The highest BCUT2D eigenvalue weighted by Crippen LogP contribution is 2.19. The van der Waals surface area contributed by atoms with Gasteiger partial charge in [0.25, 0.3) is 10.1 Å². The summed E-state index contributed by atoms with van der Waals surface area (Å²) in [4.78, 5) is 0.131. The van der Waals surface area contributed by atoms with Gasteiger partial charge >= 0.3 is 0 Å². The highest BCUT2D eigenvalue weighted by atomic mass is 32.2. The lowest BCUT2D eigenvalue weighted by atomic mass is 10.2. The minimum absolute atomic E-state index is 0.118. The van der Waals surface area contributed by atoms with Gasteiger partial charge in [-0.15, -0.1) is 5.10 Å². The summed E-state index contributed by atoms with van der Waals surface area (Å²) < 4.78 is 35.7. The van der Waals surface area contributed by atoms with E-state index < -0.39 is 10.1 Å². The lowest BCUT2D eigenvalue weighted by Gasteiger charge is -2.05. The van der Waals surface area contributed by atoms with Crippen LogP contribution in [0.3, 0.4) is 0 Å². The number of aromatic nitrogens is 2. The molecule has 0 spiro atoms. The van der Waals surface area contributed by atoms with E-state index in [2.05, 4.69) is 5.10 Å². The SMILES string of the molecule is COc1nn(C)cc1COS(=O)(=O)c1ccc(C)cc1. The first-order chi connectivity index (χ1) is 9.42. The Morgan fingerprint density at radius 1 is 1.25 bits per heavy atom. The third-order valence-electron chi connectivity index (χ3n) is 2.74. The van der Waals surface area contributed by atoms with E-state index in [4.69, 9.17) is 8.92 Å². The van der Waals surface area contributed by atoms with Gasteiger partial charge < -0.3 is 4.74 Å². The van der Waals surface area contributed by atoms with Crippen molar-refractivity contribution in [2.45, 2.75) is 18.4 Å². The summed E-state index contributed by atoms with van der Waals surface area (Å²) in [6, 6.07) is 6.48. The maximum absolute atomic E-state index is 12.0. The summed E-state index contributed by atoms with van der Waals surface area (Å²) in [6.07, 6.45) is 1.66. The zero-order valence-corrected chi connectivity index (χ0v) is 12.3. The van der Waals surface area contributed by atoms with Gasteiger partial charge in [-0.25, -0.2) is 0 Å². The molecule has 0 N–H and O–H groups in total. The van der Waals surface area contributed by atoms with E-state index in [9.17, 15) is 8.42 Å². The molecule has 1 heterocycles. The molecule has 0 bridgehead atoms. The topological polar surface area (TPSA) is 70.4 Å². The van der Waals surface area contributed by atoms with Gasteiger partial charge in [-0.05, 0) is 19.1 Å². The average Bonchev–Trinajstić information content (AvgIpc) is 2.77. The quantitative estimate of drug-likeness (QED) is 0.784. The highest BCUT2D eigenvalue weighted by Gasteiger charge is 2.17. The molecule has 1 aromatic carbocycles. The number of rotatable bonds is 5. The summed E-state index contributed by atoms with van der Waals surface area (Å²) in [5.41, 5.74) is 1.56. The van der Waals surface area contributed by atoms with Crippen LogP contribution in [0.4, 0.5) is 0 Å². The molecule has 0 amide bonds. The molecule has 108 valence electrons. The fourth-order valence-corrected chi connectivity index (χ4v) is 2.59. The van der Waals surface area contributed by atoms with Crippen molar-refractivity contribution < 1.29 is 17.3 Å². The average molecular weight is 296 g/mol. The Bertz CT molecular complexity index is 690. The maximum atomic E-state index is 12.0. The molecule has 0 fully saturated rings. The van der Waals surface area contributed by atoms with E-state index in [1.54, 1.807) is 25.4 Å². The van der Waals surface area contributed by atoms with Crippen molar-refractivity contribution in [3.63, 3.8) is 0 Å². The van der Waals surface area contributed by atoms with Crippen LogP contribution in [-0.4, -0.2) is 25.3 Å². The smallest absolute Gasteiger partial charge is 0.297 e. The largest absolute Gasteiger partial charge is 0.480 e. The van der Waals surface area contributed by atoms with Gasteiger partial charge in [-0.2, -0.15) is 8.42 Å². The molecule has 2 rings (SSSR count). The lowest BCUT2D eigenvalue weighted by molar-refractivity contribution is 0.298. The van der Waals surface area contributed by atoms with Crippen LogP contribution in [0.5, 0.6) is 5.88 Å². The van der Waals surface area contributed by atoms with Gasteiger partial charge in [-0.1, -0.05) is 17.7 Å². The minimum atomic E-state index is -3.78. The van der Waals surface area contributed by atoms with Gasteiger partial charge in [0.1, 0.15) is 0 Å². The van der Waals surface area contributed by atoms with Crippen molar-refractivity contribution in [1.29, 1.82) is 0 Å². The molecule has 0 atom stereocenters. The van der Waals surface area contributed by atoms with E-state index in [1.165, 1.54) is 23.9 Å². The molecule has 0 aliphatic carbocycles. The van der Waals surface area contributed by atoms with Crippen LogP contribution in [0, 0.1) is 6.92 Å². The molecule has 0 aliphatic heterocycles. The van der Waals surface area contributed by atoms with Crippen molar-refractivity contribution in [2.75, 3.05) is 7.11 Å². The first-order valence-corrected chi connectivity index (χ1v) is 7.36. The summed E-state index contributed by atoms with van der Waals surface area (Å²) in [5, 5.41) is 4.03. The third kappa shape index (κ3) is 3.17. The molecule has 0 saturated carbocycles. The number of methoxy groups -OCH3 is 1. The van der Waals surface area contributed by atoms with Gasteiger partial charge in [0.2, 0.25) is 5.88 Å². The van der Waals surface area contributed by atoms with E-state index >= 15 is 0 Å². The normalized spacial score (nSPS) is 11.6. The molecule has 0 aliphatic rings. The van der Waals surface area contributed by atoms with Gasteiger partial charge in [0, 0.05) is 13.2 Å². The van der Waals surface area contributed by atoms with Crippen LogP contribution in [0.2, 0.25) is 0 Å². The number of nitrogens with zero attached hydrogens (tertiary/aromatic N) is 2. The fourth-order valence-electron chi connectivity index (χ4n) is 1.70. The second-order valence-electron chi connectivity index (χ2n) is 4.37. The summed E-state index contributed by atoms with van der Waals surface area (Å²) in [5.74, 6) is 0.353. The predicted molar refractivity (Wildman–Crippen MR) is 72.9 cm³/mol. The Kier molecular flexibility index (Phi) is 4.10. The first kappa shape index (κ1) is 14.5. The van der Waals surface area contributed by atoms with Crippen LogP contribution in [0.25, 0.3) is 0 Å². The molecule has 20 heavy (non-hydrogen) atoms. The fraction of sp³-hybridized carbons (Fsp3) is 0.308. The molecule has 7 heteroatoms. The molecular weight excluding hydrogens is 280 g/mol. The Balaban J connectivity index is 2.15. The van der Waals surface area contributed by atoms with Gasteiger partial charge in [0.05, 0.1) is 24.2 Å². The molecule has 0 saturated heterocycles. The monoisotopic (exact) mass is 296 g/mol. The number of benzene rings is 1. The lowest BCUT2D eigenvalue weighted by Crippen LogP contribution is -2.06. The molecule has 6 nitrogen and oxygen atoms in total. The van der Waals surface area contributed by atoms with Crippen molar-refractivity contribution in [3.05, 3.63) is 41.6 Å². The Morgan fingerprint density at radius 2 is 1.90 bits per heavy atom. The zero-order valence-electron chi connectivity index (χ0n) is 11.5. The van der Waals surface area contributed by atoms with E-state index in [-0.39, 0.29) is 11.5 Å². The second kappa shape index (κ2) is 5.64. The second-order valence-corrected chi connectivity index (χ2v) is 5.98.